The summed E-state index contributed by atoms with van der Waals surface area (Å²) in [6.07, 6.45) is 1.12. The largest absolute Gasteiger partial charge is 0.491 e. The first kappa shape index (κ1) is 14.8. The molecular weight excluding hydrogens is 322 g/mol. The fraction of sp³-hybridized carbons (Fsp3) is 0.267. The molecule has 0 amide bonds. The zero-order valence-corrected chi connectivity index (χ0v) is 12.7. The fourth-order valence-corrected chi connectivity index (χ4v) is 2.26. The van der Waals surface area contributed by atoms with Crippen LogP contribution in [0.1, 0.15) is 18.6 Å². The zero-order chi connectivity index (χ0) is 14.5. The minimum absolute atomic E-state index is 0.0531. The molecule has 0 bridgehead atoms. The lowest BCUT2D eigenvalue weighted by molar-refractivity contribution is 0.190. The van der Waals surface area contributed by atoms with Crippen LogP contribution in [-0.4, -0.2) is 16.3 Å². The van der Waals surface area contributed by atoms with E-state index >= 15 is 0 Å². The molecule has 0 aliphatic rings. The molecule has 1 N–H and O–H groups in total. The van der Waals surface area contributed by atoms with Crippen LogP contribution in [0.15, 0.2) is 51.9 Å². The highest BCUT2D eigenvalue weighted by molar-refractivity contribution is 9.10. The monoisotopic (exact) mass is 337 g/mol. The topological polar surface area (TPSA) is 51.5 Å². The third-order valence-corrected chi connectivity index (χ3v) is 3.40. The van der Waals surface area contributed by atoms with Gasteiger partial charge in [-0.25, -0.2) is 0 Å². The van der Waals surface area contributed by atoms with E-state index in [0.717, 1.165) is 10.0 Å². The Morgan fingerprint density at radius 3 is 2.85 bits per heavy atom. The van der Waals surface area contributed by atoms with Gasteiger partial charge < -0.3 is 14.4 Å². The molecule has 0 saturated heterocycles. The van der Waals surface area contributed by atoms with Crippen molar-refractivity contribution in [2.75, 3.05) is 6.61 Å². The minimum atomic E-state index is -0.609. The van der Waals surface area contributed by atoms with Crippen LogP contribution >= 0.6 is 15.9 Å². The normalized spacial score (nSPS) is 12.2. The molecule has 1 heterocycles. The van der Waals surface area contributed by atoms with E-state index in [1.165, 1.54) is 6.07 Å². The maximum atomic E-state index is 11.5. The van der Waals surface area contributed by atoms with Crippen molar-refractivity contribution in [3.05, 3.63) is 63.0 Å². The molecule has 0 saturated carbocycles. The van der Waals surface area contributed by atoms with Crippen LogP contribution in [0.4, 0.5) is 0 Å². The van der Waals surface area contributed by atoms with Gasteiger partial charge in [0, 0.05) is 22.3 Å². The number of hydrogen-bond acceptors (Lipinski definition) is 3. The van der Waals surface area contributed by atoms with Crippen LogP contribution in [0.25, 0.3) is 0 Å². The molecule has 0 aliphatic carbocycles. The molecule has 5 heteroatoms. The summed E-state index contributed by atoms with van der Waals surface area (Å²) < 4.78 is 8.14. The second-order valence-electron chi connectivity index (χ2n) is 4.44. The number of hydrogen-bond donors (Lipinski definition) is 1. The first-order chi connectivity index (χ1) is 9.58. The Balaban J connectivity index is 2.05. The third-order valence-electron chi connectivity index (χ3n) is 2.91. The van der Waals surface area contributed by atoms with Gasteiger partial charge in [-0.1, -0.05) is 22.0 Å². The third kappa shape index (κ3) is 3.71. The first-order valence-electron chi connectivity index (χ1n) is 6.33. The summed E-state index contributed by atoms with van der Waals surface area (Å²) in [6, 6.07) is 10.5. The van der Waals surface area contributed by atoms with E-state index in [9.17, 15) is 9.90 Å². The second kappa shape index (κ2) is 6.72. The molecule has 0 fully saturated rings. The average Bonchev–Trinajstić information content (AvgIpc) is 2.42. The number of nitrogens with zero attached hydrogens (tertiary/aromatic N) is 1. The quantitative estimate of drug-likeness (QED) is 0.912. The molecule has 4 nitrogen and oxygen atoms in total. The molecule has 2 aromatic rings. The van der Waals surface area contributed by atoms with Crippen molar-refractivity contribution in [1.82, 2.24) is 4.57 Å². The van der Waals surface area contributed by atoms with E-state index < -0.39 is 6.10 Å². The van der Waals surface area contributed by atoms with Crippen LogP contribution in [0, 0.1) is 0 Å². The molecule has 106 valence electrons. The standard InChI is InChI=1S/C15H16BrNO3/c1-11(18)13-10-12(16)5-6-14(13)20-9-8-17-7-3-2-4-15(17)19/h2-7,10-11,18H,8-9H2,1H3/t11-/m0/s1. The SMILES string of the molecule is C[C@H](O)c1cc(Br)ccc1OCCn1ccccc1=O. The number of benzene rings is 1. The minimum Gasteiger partial charge on any atom is -0.491 e. The van der Waals surface area contributed by atoms with E-state index in [1.807, 2.05) is 18.2 Å². The molecular formula is C15H16BrNO3. The number of ether oxygens (including phenoxy) is 1. The number of aliphatic hydroxyl groups is 1. The van der Waals surface area contributed by atoms with Crippen LogP contribution < -0.4 is 10.3 Å². The molecule has 0 aliphatic heterocycles. The van der Waals surface area contributed by atoms with Crippen LogP contribution in [0.2, 0.25) is 0 Å². The van der Waals surface area contributed by atoms with Crippen LogP contribution in [0.5, 0.6) is 5.75 Å². The summed E-state index contributed by atoms with van der Waals surface area (Å²) in [6.45, 7) is 2.52. The second-order valence-corrected chi connectivity index (χ2v) is 5.35. The van der Waals surface area contributed by atoms with Crippen molar-refractivity contribution in [3.8, 4) is 5.75 Å². The molecule has 0 radical (unpaired) electrons. The highest BCUT2D eigenvalue weighted by Gasteiger charge is 2.09. The van der Waals surface area contributed by atoms with Crippen molar-refractivity contribution in [2.24, 2.45) is 0 Å². The molecule has 1 aromatic carbocycles. The van der Waals surface area contributed by atoms with Gasteiger partial charge in [-0.3, -0.25) is 4.79 Å². The van der Waals surface area contributed by atoms with Gasteiger partial charge in [-0.2, -0.15) is 0 Å². The van der Waals surface area contributed by atoms with Crippen molar-refractivity contribution in [1.29, 1.82) is 0 Å². The summed E-state index contributed by atoms with van der Waals surface area (Å²) in [7, 11) is 0. The lowest BCUT2D eigenvalue weighted by Crippen LogP contribution is -2.21. The number of halogens is 1. The smallest absolute Gasteiger partial charge is 0.250 e. The average molecular weight is 338 g/mol. The molecule has 1 aromatic heterocycles. The van der Waals surface area contributed by atoms with Crippen molar-refractivity contribution in [3.63, 3.8) is 0 Å². The predicted octanol–water partition coefficient (Wildman–Crippen LogP) is 2.74. The van der Waals surface area contributed by atoms with Gasteiger partial charge in [0.25, 0.3) is 5.56 Å². The van der Waals surface area contributed by atoms with Gasteiger partial charge in [-0.15, -0.1) is 0 Å². The molecule has 0 spiro atoms. The maximum Gasteiger partial charge on any atom is 0.250 e. The van der Waals surface area contributed by atoms with E-state index in [0.29, 0.717) is 18.9 Å². The first-order valence-corrected chi connectivity index (χ1v) is 7.13. The maximum absolute atomic E-state index is 11.5. The van der Waals surface area contributed by atoms with Crippen molar-refractivity contribution < 1.29 is 9.84 Å². The Bertz CT molecular complexity index is 637. The number of aromatic nitrogens is 1. The highest BCUT2D eigenvalue weighted by Crippen LogP contribution is 2.28. The Kier molecular flexibility index (Phi) is 4.98. The van der Waals surface area contributed by atoms with Crippen molar-refractivity contribution in [2.45, 2.75) is 19.6 Å². The summed E-state index contributed by atoms with van der Waals surface area (Å²) >= 11 is 3.37. The van der Waals surface area contributed by atoms with Crippen molar-refractivity contribution >= 4 is 15.9 Å². The molecule has 2 rings (SSSR count). The Labute approximate surface area is 125 Å². The van der Waals surface area contributed by atoms with Crippen LogP contribution in [-0.2, 0) is 6.54 Å². The Morgan fingerprint density at radius 1 is 1.35 bits per heavy atom. The Hall–Kier alpha value is -1.59. The Morgan fingerprint density at radius 2 is 2.15 bits per heavy atom. The van der Waals surface area contributed by atoms with Gasteiger partial charge in [0.1, 0.15) is 12.4 Å². The summed E-state index contributed by atoms with van der Waals surface area (Å²) in [4.78, 5) is 11.5. The summed E-state index contributed by atoms with van der Waals surface area (Å²) in [5, 5.41) is 9.73. The van der Waals surface area contributed by atoms with E-state index in [4.69, 9.17) is 4.74 Å². The predicted molar refractivity (Wildman–Crippen MR) is 81.0 cm³/mol. The zero-order valence-electron chi connectivity index (χ0n) is 11.1. The fourth-order valence-electron chi connectivity index (χ4n) is 1.88. The highest BCUT2D eigenvalue weighted by atomic mass is 79.9. The number of pyridine rings is 1. The summed E-state index contributed by atoms with van der Waals surface area (Å²) in [5.41, 5.74) is 0.669. The van der Waals surface area contributed by atoms with E-state index in [1.54, 1.807) is 29.8 Å². The van der Waals surface area contributed by atoms with E-state index in [2.05, 4.69) is 15.9 Å². The van der Waals surface area contributed by atoms with Gasteiger partial charge in [0.2, 0.25) is 0 Å². The lowest BCUT2D eigenvalue weighted by Gasteiger charge is -2.14. The summed E-state index contributed by atoms with van der Waals surface area (Å²) in [5.74, 6) is 0.632. The van der Waals surface area contributed by atoms with Gasteiger partial charge >= 0.3 is 0 Å². The van der Waals surface area contributed by atoms with Gasteiger partial charge in [-0.05, 0) is 31.2 Å². The molecule has 20 heavy (non-hydrogen) atoms. The van der Waals surface area contributed by atoms with Gasteiger partial charge in [0.15, 0.2) is 0 Å². The van der Waals surface area contributed by atoms with E-state index in [-0.39, 0.29) is 5.56 Å². The number of aliphatic hydroxyl groups excluding tert-OH is 1. The lowest BCUT2D eigenvalue weighted by atomic mass is 10.1. The molecule has 1 atom stereocenters. The number of rotatable bonds is 5. The van der Waals surface area contributed by atoms with Crippen LogP contribution in [0.3, 0.4) is 0 Å². The van der Waals surface area contributed by atoms with Gasteiger partial charge in [0.05, 0.1) is 12.6 Å². The molecule has 0 unspecified atom stereocenters.